The minimum atomic E-state index is 0.586. The summed E-state index contributed by atoms with van der Waals surface area (Å²) in [5, 5.41) is 5.52. The van der Waals surface area contributed by atoms with E-state index in [-0.39, 0.29) is 0 Å². The van der Waals surface area contributed by atoms with Gasteiger partial charge in [-0.1, -0.05) is 13.0 Å². The maximum atomic E-state index is 5.51. The van der Waals surface area contributed by atoms with Gasteiger partial charge >= 0.3 is 0 Å². The van der Waals surface area contributed by atoms with Gasteiger partial charge in [0.05, 0.1) is 0 Å². The second-order valence-corrected chi connectivity index (χ2v) is 4.41. The molecule has 3 heteroatoms. The Morgan fingerprint density at radius 2 is 2.46 bits per heavy atom. The molecule has 1 aromatic rings. The summed E-state index contributed by atoms with van der Waals surface area (Å²) in [6.45, 7) is 5.02. The van der Waals surface area contributed by atoms with Crippen LogP contribution in [0.2, 0.25) is 0 Å². The van der Waals surface area contributed by atoms with Crippen molar-refractivity contribution in [2.24, 2.45) is 11.7 Å². The van der Waals surface area contributed by atoms with E-state index in [4.69, 9.17) is 5.73 Å². The zero-order chi connectivity index (χ0) is 9.52. The van der Waals surface area contributed by atoms with E-state index in [2.05, 4.69) is 29.8 Å². The summed E-state index contributed by atoms with van der Waals surface area (Å²) < 4.78 is 0. The van der Waals surface area contributed by atoms with Gasteiger partial charge in [0.25, 0.3) is 0 Å². The highest BCUT2D eigenvalue weighted by molar-refractivity contribution is 7.09. The molecular formula is C10H18N2S. The molecule has 0 radical (unpaired) electrons. The van der Waals surface area contributed by atoms with Crippen LogP contribution in [0.15, 0.2) is 17.5 Å². The molecule has 0 aliphatic rings. The highest BCUT2D eigenvalue weighted by Crippen LogP contribution is 2.07. The number of nitrogens with one attached hydrogen (secondary N) is 1. The molecule has 0 amide bonds. The fraction of sp³-hybridized carbons (Fsp3) is 0.600. The SMILES string of the molecule is CC(CN)CNCCc1cccs1. The van der Waals surface area contributed by atoms with Crippen LogP contribution in [-0.4, -0.2) is 19.6 Å². The molecule has 1 unspecified atom stereocenters. The predicted molar refractivity (Wildman–Crippen MR) is 59.1 cm³/mol. The minimum Gasteiger partial charge on any atom is -0.330 e. The van der Waals surface area contributed by atoms with Crippen LogP contribution in [0.1, 0.15) is 11.8 Å². The quantitative estimate of drug-likeness (QED) is 0.679. The van der Waals surface area contributed by atoms with Crippen molar-refractivity contribution in [3.63, 3.8) is 0 Å². The molecule has 0 fully saturated rings. The van der Waals surface area contributed by atoms with Gasteiger partial charge in [-0.15, -0.1) is 11.3 Å². The monoisotopic (exact) mass is 198 g/mol. The third kappa shape index (κ3) is 4.41. The molecule has 0 saturated carbocycles. The van der Waals surface area contributed by atoms with Crippen LogP contribution in [-0.2, 0) is 6.42 Å². The van der Waals surface area contributed by atoms with Crippen molar-refractivity contribution in [3.8, 4) is 0 Å². The van der Waals surface area contributed by atoms with Crippen molar-refractivity contribution in [1.82, 2.24) is 5.32 Å². The lowest BCUT2D eigenvalue weighted by Gasteiger charge is -2.08. The zero-order valence-corrected chi connectivity index (χ0v) is 8.94. The molecule has 0 aliphatic heterocycles. The molecule has 1 heterocycles. The van der Waals surface area contributed by atoms with Gasteiger partial charge in [-0.2, -0.15) is 0 Å². The van der Waals surface area contributed by atoms with E-state index >= 15 is 0 Å². The Morgan fingerprint density at radius 1 is 1.62 bits per heavy atom. The van der Waals surface area contributed by atoms with Gasteiger partial charge in [0.15, 0.2) is 0 Å². The van der Waals surface area contributed by atoms with E-state index in [0.29, 0.717) is 5.92 Å². The number of rotatable bonds is 6. The van der Waals surface area contributed by atoms with E-state index in [1.165, 1.54) is 4.88 Å². The Morgan fingerprint density at radius 3 is 3.08 bits per heavy atom. The second kappa shape index (κ2) is 6.13. The Bertz CT molecular complexity index is 209. The van der Waals surface area contributed by atoms with Crippen LogP contribution in [0.25, 0.3) is 0 Å². The summed E-state index contributed by atoms with van der Waals surface area (Å²) in [7, 11) is 0. The van der Waals surface area contributed by atoms with Crippen LogP contribution in [0.3, 0.4) is 0 Å². The van der Waals surface area contributed by atoms with Gasteiger partial charge in [-0.05, 0) is 43.4 Å². The number of thiophene rings is 1. The summed E-state index contributed by atoms with van der Waals surface area (Å²) in [5.41, 5.74) is 5.51. The summed E-state index contributed by atoms with van der Waals surface area (Å²) in [6.07, 6.45) is 1.13. The van der Waals surface area contributed by atoms with Gasteiger partial charge in [-0.3, -0.25) is 0 Å². The maximum absolute atomic E-state index is 5.51. The van der Waals surface area contributed by atoms with Gasteiger partial charge in [0.2, 0.25) is 0 Å². The Balaban J connectivity index is 2.02. The molecule has 1 atom stereocenters. The summed E-state index contributed by atoms with van der Waals surface area (Å²) >= 11 is 1.82. The largest absolute Gasteiger partial charge is 0.330 e. The van der Waals surface area contributed by atoms with Gasteiger partial charge in [-0.25, -0.2) is 0 Å². The van der Waals surface area contributed by atoms with E-state index < -0.39 is 0 Å². The van der Waals surface area contributed by atoms with Crippen molar-refractivity contribution in [3.05, 3.63) is 22.4 Å². The molecule has 3 N–H and O–H groups in total. The molecule has 1 rings (SSSR count). The molecule has 13 heavy (non-hydrogen) atoms. The van der Waals surface area contributed by atoms with E-state index in [9.17, 15) is 0 Å². The van der Waals surface area contributed by atoms with E-state index in [1.807, 2.05) is 11.3 Å². The first-order valence-electron chi connectivity index (χ1n) is 4.76. The van der Waals surface area contributed by atoms with Crippen molar-refractivity contribution < 1.29 is 0 Å². The minimum absolute atomic E-state index is 0.586. The molecule has 2 nitrogen and oxygen atoms in total. The highest BCUT2D eigenvalue weighted by Gasteiger charge is 1.97. The third-order valence-electron chi connectivity index (χ3n) is 2.02. The van der Waals surface area contributed by atoms with Crippen LogP contribution in [0.4, 0.5) is 0 Å². The predicted octanol–water partition coefficient (Wildman–Crippen LogP) is 1.48. The molecule has 0 aromatic carbocycles. The standard InChI is InChI=1S/C10H18N2S/c1-9(7-11)8-12-5-4-10-3-2-6-13-10/h2-3,6,9,12H,4-5,7-8,11H2,1H3. The summed E-state index contributed by atoms with van der Waals surface area (Å²) in [5.74, 6) is 0.586. The fourth-order valence-corrected chi connectivity index (χ4v) is 1.81. The Kier molecular flexibility index (Phi) is 5.05. The molecule has 0 saturated heterocycles. The van der Waals surface area contributed by atoms with E-state index in [0.717, 1.165) is 26.1 Å². The molecule has 1 aromatic heterocycles. The molecule has 0 aliphatic carbocycles. The lowest BCUT2D eigenvalue weighted by molar-refractivity contribution is 0.525. The number of hydrogen-bond donors (Lipinski definition) is 2. The second-order valence-electron chi connectivity index (χ2n) is 3.37. The summed E-state index contributed by atoms with van der Waals surface area (Å²) in [4.78, 5) is 1.45. The third-order valence-corrected chi connectivity index (χ3v) is 2.96. The summed E-state index contributed by atoms with van der Waals surface area (Å²) in [6, 6.07) is 4.28. The van der Waals surface area contributed by atoms with Crippen molar-refractivity contribution >= 4 is 11.3 Å². The van der Waals surface area contributed by atoms with Gasteiger partial charge in [0.1, 0.15) is 0 Å². The van der Waals surface area contributed by atoms with Crippen LogP contribution >= 0.6 is 11.3 Å². The van der Waals surface area contributed by atoms with Gasteiger partial charge in [0, 0.05) is 4.88 Å². The maximum Gasteiger partial charge on any atom is 0.00578 e. The first-order chi connectivity index (χ1) is 6.33. The van der Waals surface area contributed by atoms with Crippen molar-refractivity contribution in [2.75, 3.05) is 19.6 Å². The Labute approximate surface area is 84.2 Å². The van der Waals surface area contributed by atoms with Gasteiger partial charge < -0.3 is 11.1 Å². The molecule has 0 spiro atoms. The average molecular weight is 198 g/mol. The molecular weight excluding hydrogens is 180 g/mol. The first-order valence-corrected chi connectivity index (χ1v) is 5.64. The van der Waals surface area contributed by atoms with Crippen molar-refractivity contribution in [2.45, 2.75) is 13.3 Å². The number of hydrogen-bond acceptors (Lipinski definition) is 3. The van der Waals surface area contributed by atoms with Crippen LogP contribution in [0.5, 0.6) is 0 Å². The van der Waals surface area contributed by atoms with Crippen LogP contribution in [0, 0.1) is 5.92 Å². The molecule has 74 valence electrons. The smallest absolute Gasteiger partial charge is 0.00578 e. The zero-order valence-electron chi connectivity index (χ0n) is 8.12. The van der Waals surface area contributed by atoms with Crippen LogP contribution < -0.4 is 11.1 Å². The first kappa shape index (κ1) is 10.7. The molecule has 0 bridgehead atoms. The topological polar surface area (TPSA) is 38.0 Å². The lowest BCUT2D eigenvalue weighted by Crippen LogP contribution is -2.27. The fourth-order valence-electron chi connectivity index (χ4n) is 1.10. The normalized spacial score (nSPS) is 13.1. The highest BCUT2D eigenvalue weighted by atomic mass is 32.1. The van der Waals surface area contributed by atoms with Crippen molar-refractivity contribution in [1.29, 1.82) is 0 Å². The number of nitrogens with two attached hydrogens (primary N) is 1. The van der Waals surface area contributed by atoms with E-state index in [1.54, 1.807) is 0 Å². The average Bonchev–Trinajstić information content (AvgIpc) is 2.64. The Hall–Kier alpha value is -0.380. The lowest BCUT2D eigenvalue weighted by atomic mass is 10.2.